The van der Waals surface area contributed by atoms with Crippen molar-refractivity contribution in [1.82, 2.24) is 10.3 Å². The van der Waals surface area contributed by atoms with Gasteiger partial charge in [-0.05, 0) is 19.8 Å². The zero-order valence-corrected chi connectivity index (χ0v) is 11.7. The highest BCUT2D eigenvalue weighted by Gasteiger charge is 2.44. The lowest BCUT2D eigenvalue weighted by molar-refractivity contribution is 0.0518. The summed E-state index contributed by atoms with van der Waals surface area (Å²) in [5, 5.41) is 11.4. The van der Waals surface area contributed by atoms with Crippen LogP contribution in [-0.2, 0) is 16.7 Å². The Kier molecular flexibility index (Phi) is 3.75. The quantitative estimate of drug-likeness (QED) is 0.809. The predicted molar refractivity (Wildman–Crippen MR) is 69.5 cm³/mol. The number of esters is 1. The van der Waals surface area contributed by atoms with E-state index >= 15 is 0 Å². The van der Waals surface area contributed by atoms with Crippen LogP contribution < -0.4 is 5.32 Å². The number of nitrogens with one attached hydrogen (secondary N) is 1. The summed E-state index contributed by atoms with van der Waals surface area (Å²) in [6.45, 7) is 4.24. The molecule has 104 valence electrons. The number of thiazole rings is 1. The Morgan fingerprint density at radius 1 is 1.53 bits per heavy atom. The minimum absolute atomic E-state index is 0.00123. The fourth-order valence-electron chi connectivity index (χ4n) is 1.75. The normalized spacial score (nSPS) is 15.9. The van der Waals surface area contributed by atoms with Gasteiger partial charge in [-0.1, -0.05) is 6.92 Å². The Balaban J connectivity index is 2.24. The van der Waals surface area contributed by atoms with Gasteiger partial charge in [0, 0.05) is 10.3 Å². The van der Waals surface area contributed by atoms with Crippen LogP contribution in [0, 0.1) is 0 Å². The first-order valence-corrected chi connectivity index (χ1v) is 6.92. The summed E-state index contributed by atoms with van der Waals surface area (Å²) in [4.78, 5) is 27.5. The van der Waals surface area contributed by atoms with Crippen molar-refractivity contribution in [2.45, 2.75) is 38.6 Å². The molecular weight excluding hydrogens is 268 g/mol. The fraction of sp³-hybridized carbons (Fsp3) is 0.583. The van der Waals surface area contributed by atoms with Crippen LogP contribution in [-0.4, -0.2) is 28.8 Å². The summed E-state index contributed by atoms with van der Waals surface area (Å²) in [7, 11) is 0. The Bertz CT molecular complexity index is 508. The number of ether oxygens (including phenoxy) is 1. The SMILES string of the molecule is CCOC(=O)c1nc(CNC(=O)O)sc1C1(C)CC1. The van der Waals surface area contributed by atoms with E-state index < -0.39 is 12.1 Å². The number of hydrogen-bond acceptors (Lipinski definition) is 5. The molecule has 0 unspecified atom stereocenters. The maximum Gasteiger partial charge on any atom is 0.405 e. The molecule has 1 heterocycles. The van der Waals surface area contributed by atoms with Crippen molar-refractivity contribution in [3.8, 4) is 0 Å². The average molecular weight is 284 g/mol. The fourth-order valence-corrected chi connectivity index (χ4v) is 2.95. The van der Waals surface area contributed by atoms with E-state index in [0.717, 1.165) is 17.7 Å². The molecule has 1 aliphatic rings. The van der Waals surface area contributed by atoms with Crippen LogP contribution in [0.3, 0.4) is 0 Å². The molecule has 1 fully saturated rings. The summed E-state index contributed by atoms with van der Waals surface area (Å²) in [5.74, 6) is -0.427. The van der Waals surface area contributed by atoms with Gasteiger partial charge in [0.15, 0.2) is 5.69 Å². The Labute approximate surface area is 114 Å². The van der Waals surface area contributed by atoms with Crippen LogP contribution in [0.25, 0.3) is 0 Å². The van der Waals surface area contributed by atoms with Gasteiger partial charge in [0.25, 0.3) is 0 Å². The Hall–Kier alpha value is -1.63. The van der Waals surface area contributed by atoms with E-state index in [1.807, 2.05) is 0 Å². The van der Waals surface area contributed by atoms with Gasteiger partial charge >= 0.3 is 12.1 Å². The lowest BCUT2D eigenvalue weighted by Crippen LogP contribution is -2.19. The number of carboxylic acid groups (broad SMARTS) is 1. The van der Waals surface area contributed by atoms with E-state index in [0.29, 0.717) is 17.3 Å². The molecule has 6 nitrogen and oxygen atoms in total. The van der Waals surface area contributed by atoms with Crippen molar-refractivity contribution < 1.29 is 19.4 Å². The highest BCUT2D eigenvalue weighted by atomic mass is 32.1. The van der Waals surface area contributed by atoms with Crippen molar-refractivity contribution in [3.63, 3.8) is 0 Å². The first-order chi connectivity index (χ1) is 8.96. The molecule has 0 spiro atoms. The summed E-state index contributed by atoms with van der Waals surface area (Å²) < 4.78 is 5.00. The summed E-state index contributed by atoms with van der Waals surface area (Å²) in [5.41, 5.74) is 0.343. The predicted octanol–water partition coefficient (Wildman–Crippen LogP) is 2.14. The molecule has 0 saturated heterocycles. The summed E-state index contributed by atoms with van der Waals surface area (Å²) in [6, 6.07) is 0. The smallest absolute Gasteiger partial charge is 0.405 e. The average Bonchev–Trinajstić information content (AvgIpc) is 2.94. The second-order valence-electron chi connectivity index (χ2n) is 4.73. The molecule has 1 amide bonds. The molecule has 7 heteroatoms. The highest BCUT2D eigenvalue weighted by molar-refractivity contribution is 7.12. The third-order valence-corrected chi connectivity index (χ3v) is 4.44. The van der Waals surface area contributed by atoms with Crippen LogP contribution in [0.5, 0.6) is 0 Å². The maximum atomic E-state index is 11.9. The van der Waals surface area contributed by atoms with Crippen LogP contribution in [0.4, 0.5) is 4.79 Å². The van der Waals surface area contributed by atoms with Gasteiger partial charge in [0.05, 0.1) is 13.2 Å². The lowest BCUT2D eigenvalue weighted by atomic mass is 10.1. The molecule has 1 aromatic rings. The van der Waals surface area contributed by atoms with Crippen LogP contribution in [0.2, 0.25) is 0 Å². The third-order valence-electron chi connectivity index (χ3n) is 3.08. The molecule has 1 aromatic heterocycles. The second-order valence-corrected chi connectivity index (χ2v) is 5.81. The van der Waals surface area contributed by atoms with Gasteiger partial charge in [-0.15, -0.1) is 11.3 Å². The molecule has 0 aliphatic heterocycles. The van der Waals surface area contributed by atoms with Crippen LogP contribution in [0.15, 0.2) is 0 Å². The maximum absolute atomic E-state index is 11.9. The van der Waals surface area contributed by atoms with Gasteiger partial charge in [-0.25, -0.2) is 14.6 Å². The van der Waals surface area contributed by atoms with Gasteiger partial charge in [-0.2, -0.15) is 0 Å². The molecule has 2 rings (SSSR count). The third kappa shape index (κ3) is 3.04. The van der Waals surface area contributed by atoms with Gasteiger partial charge in [0.2, 0.25) is 0 Å². The molecule has 1 aliphatic carbocycles. The van der Waals surface area contributed by atoms with Gasteiger partial charge in [-0.3, -0.25) is 0 Å². The van der Waals surface area contributed by atoms with E-state index in [2.05, 4.69) is 17.2 Å². The van der Waals surface area contributed by atoms with Crippen LogP contribution in [0.1, 0.15) is 47.1 Å². The van der Waals surface area contributed by atoms with Crippen molar-refractivity contribution >= 4 is 23.4 Å². The molecule has 0 radical (unpaired) electrons. The zero-order valence-electron chi connectivity index (χ0n) is 10.9. The number of nitrogens with zero attached hydrogens (tertiary/aromatic N) is 1. The Morgan fingerprint density at radius 3 is 2.74 bits per heavy atom. The second kappa shape index (κ2) is 5.16. The van der Waals surface area contributed by atoms with Gasteiger partial charge < -0.3 is 15.2 Å². The van der Waals surface area contributed by atoms with Crippen molar-refractivity contribution in [3.05, 3.63) is 15.6 Å². The summed E-state index contributed by atoms with van der Waals surface area (Å²) in [6.07, 6.45) is 0.938. The monoisotopic (exact) mass is 284 g/mol. The topological polar surface area (TPSA) is 88.5 Å². The number of amides is 1. The number of carbonyl (C=O) groups excluding carboxylic acids is 1. The molecule has 0 atom stereocenters. The van der Waals surface area contributed by atoms with E-state index in [9.17, 15) is 9.59 Å². The molecule has 0 bridgehead atoms. The largest absolute Gasteiger partial charge is 0.465 e. The van der Waals surface area contributed by atoms with Crippen molar-refractivity contribution in [2.24, 2.45) is 0 Å². The minimum Gasteiger partial charge on any atom is -0.465 e. The minimum atomic E-state index is -1.10. The molecule has 19 heavy (non-hydrogen) atoms. The van der Waals surface area contributed by atoms with Gasteiger partial charge in [0.1, 0.15) is 5.01 Å². The number of aromatic nitrogens is 1. The van der Waals surface area contributed by atoms with Crippen LogP contribution >= 0.6 is 11.3 Å². The van der Waals surface area contributed by atoms with E-state index in [-0.39, 0.29) is 12.0 Å². The first kappa shape index (κ1) is 13.8. The van der Waals surface area contributed by atoms with Crippen molar-refractivity contribution in [1.29, 1.82) is 0 Å². The first-order valence-electron chi connectivity index (χ1n) is 6.10. The molecular formula is C12H16N2O4S. The lowest BCUT2D eigenvalue weighted by Gasteiger charge is -2.06. The van der Waals surface area contributed by atoms with E-state index in [1.165, 1.54) is 11.3 Å². The van der Waals surface area contributed by atoms with E-state index in [4.69, 9.17) is 9.84 Å². The molecule has 0 aromatic carbocycles. The highest BCUT2D eigenvalue weighted by Crippen LogP contribution is 2.51. The van der Waals surface area contributed by atoms with E-state index in [1.54, 1.807) is 6.92 Å². The van der Waals surface area contributed by atoms with Crippen molar-refractivity contribution in [2.75, 3.05) is 6.61 Å². The number of carbonyl (C=O) groups is 2. The Morgan fingerprint density at radius 2 is 2.21 bits per heavy atom. The number of hydrogen-bond donors (Lipinski definition) is 2. The summed E-state index contributed by atoms with van der Waals surface area (Å²) >= 11 is 1.39. The molecule has 2 N–H and O–H groups in total. The number of rotatable bonds is 5. The zero-order chi connectivity index (χ0) is 14.0. The standard InChI is InChI=1S/C12H16N2O4S/c1-3-18-10(15)8-9(12(2)4-5-12)19-7(14-8)6-13-11(16)17/h13H,3-6H2,1-2H3,(H,16,17). The molecule has 1 saturated carbocycles.